The first-order chi connectivity index (χ1) is 8.58. The lowest BCUT2D eigenvalue weighted by atomic mass is 10.0. The van der Waals surface area contributed by atoms with Gasteiger partial charge in [0.15, 0.2) is 0 Å². The van der Waals surface area contributed by atoms with E-state index in [9.17, 15) is 9.18 Å². The van der Waals surface area contributed by atoms with E-state index in [0.717, 1.165) is 0 Å². The second kappa shape index (κ2) is 5.19. The van der Waals surface area contributed by atoms with Crippen molar-refractivity contribution < 1.29 is 14.3 Å². The SMILES string of the molecule is O=C(O)Cc1ccc(Cl)c(-c2ccccc2F)c1. The maximum Gasteiger partial charge on any atom is 0.307 e. The Morgan fingerprint density at radius 2 is 1.89 bits per heavy atom. The average Bonchev–Trinajstić information content (AvgIpc) is 2.32. The normalized spacial score (nSPS) is 10.3. The van der Waals surface area contributed by atoms with Crippen LogP contribution >= 0.6 is 11.6 Å². The summed E-state index contributed by atoms with van der Waals surface area (Å²) >= 11 is 6.03. The van der Waals surface area contributed by atoms with E-state index in [4.69, 9.17) is 16.7 Å². The van der Waals surface area contributed by atoms with Crippen molar-refractivity contribution in [3.05, 3.63) is 58.9 Å². The number of benzene rings is 2. The van der Waals surface area contributed by atoms with Crippen molar-refractivity contribution in [2.75, 3.05) is 0 Å². The summed E-state index contributed by atoms with van der Waals surface area (Å²) in [6.07, 6.45) is -0.112. The minimum Gasteiger partial charge on any atom is -0.481 e. The fourth-order valence-corrected chi connectivity index (χ4v) is 1.96. The highest BCUT2D eigenvalue weighted by molar-refractivity contribution is 6.33. The van der Waals surface area contributed by atoms with Crippen molar-refractivity contribution in [3.8, 4) is 11.1 Å². The molecule has 2 aromatic rings. The van der Waals surface area contributed by atoms with E-state index in [-0.39, 0.29) is 12.2 Å². The van der Waals surface area contributed by atoms with Crippen molar-refractivity contribution in [1.82, 2.24) is 0 Å². The summed E-state index contributed by atoms with van der Waals surface area (Å²) in [6.45, 7) is 0. The Balaban J connectivity index is 2.50. The predicted molar refractivity (Wildman–Crippen MR) is 68.2 cm³/mol. The number of hydrogen-bond donors (Lipinski definition) is 1. The lowest BCUT2D eigenvalue weighted by Crippen LogP contribution is -2.00. The molecule has 2 aromatic carbocycles. The third kappa shape index (κ3) is 2.68. The van der Waals surface area contributed by atoms with E-state index in [1.54, 1.807) is 36.4 Å². The fourth-order valence-electron chi connectivity index (χ4n) is 1.74. The first-order valence-corrected chi connectivity index (χ1v) is 5.71. The van der Waals surface area contributed by atoms with Gasteiger partial charge in [0, 0.05) is 16.1 Å². The van der Waals surface area contributed by atoms with Gasteiger partial charge in [0.2, 0.25) is 0 Å². The van der Waals surface area contributed by atoms with Crippen molar-refractivity contribution in [2.45, 2.75) is 6.42 Å². The highest BCUT2D eigenvalue weighted by atomic mass is 35.5. The molecule has 0 spiro atoms. The van der Waals surface area contributed by atoms with Crippen LogP contribution in [0.2, 0.25) is 5.02 Å². The van der Waals surface area contributed by atoms with Gasteiger partial charge in [0.1, 0.15) is 5.82 Å². The zero-order chi connectivity index (χ0) is 13.1. The van der Waals surface area contributed by atoms with Gasteiger partial charge in [-0.05, 0) is 23.8 Å². The van der Waals surface area contributed by atoms with E-state index in [2.05, 4.69) is 0 Å². The molecule has 18 heavy (non-hydrogen) atoms. The van der Waals surface area contributed by atoms with Crippen LogP contribution in [0.25, 0.3) is 11.1 Å². The Labute approximate surface area is 109 Å². The van der Waals surface area contributed by atoms with Gasteiger partial charge in [-0.3, -0.25) is 4.79 Å². The zero-order valence-electron chi connectivity index (χ0n) is 9.36. The molecule has 0 aliphatic heterocycles. The van der Waals surface area contributed by atoms with Crippen LogP contribution in [-0.2, 0) is 11.2 Å². The van der Waals surface area contributed by atoms with E-state index >= 15 is 0 Å². The van der Waals surface area contributed by atoms with Gasteiger partial charge in [-0.25, -0.2) is 4.39 Å². The summed E-state index contributed by atoms with van der Waals surface area (Å²) in [4.78, 5) is 10.7. The molecule has 0 radical (unpaired) electrons. The first kappa shape index (κ1) is 12.6. The Hall–Kier alpha value is -1.87. The van der Waals surface area contributed by atoms with Crippen molar-refractivity contribution >= 4 is 17.6 Å². The lowest BCUT2D eigenvalue weighted by Gasteiger charge is -2.08. The van der Waals surface area contributed by atoms with E-state index in [1.807, 2.05) is 0 Å². The van der Waals surface area contributed by atoms with Crippen molar-refractivity contribution in [3.63, 3.8) is 0 Å². The number of hydrogen-bond acceptors (Lipinski definition) is 1. The number of halogens is 2. The smallest absolute Gasteiger partial charge is 0.307 e. The molecule has 0 atom stereocenters. The molecule has 2 nitrogen and oxygen atoms in total. The average molecular weight is 265 g/mol. The number of carboxylic acid groups (broad SMARTS) is 1. The number of rotatable bonds is 3. The summed E-state index contributed by atoms with van der Waals surface area (Å²) in [5, 5.41) is 9.14. The van der Waals surface area contributed by atoms with Crippen LogP contribution in [0.5, 0.6) is 0 Å². The van der Waals surface area contributed by atoms with Gasteiger partial charge in [-0.1, -0.05) is 35.9 Å². The third-order valence-corrected chi connectivity index (χ3v) is 2.88. The lowest BCUT2D eigenvalue weighted by molar-refractivity contribution is -0.136. The van der Waals surface area contributed by atoms with E-state index in [1.165, 1.54) is 6.07 Å². The molecule has 0 saturated carbocycles. The van der Waals surface area contributed by atoms with Crippen molar-refractivity contribution in [1.29, 1.82) is 0 Å². The fraction of sp³-hybridized carbons (Fsp3) is 0.0714. The van der Waals surface area contributed by atoms with Crippen LogP contribution in [0, 0.1) is 5.82 Å². The molecule has 2 rings (SSSR count). The Morgan fingerprint density at radius 3 is 2.56 bits per heavy atom. The van der Waals surface area contributed by atoms with E-state index in [0.29, 0.717) is 21.7 Å². The quantitative estimate of drug-likeness (QED) is 0.916. The molecule has 0 unspecified atom stereocenters. The molecule has 0 aliphatic carbocycles. The Morgan fingerprint density at radius 1 is 1.17 bits per heavy atom. The molecule has 0 fully saturated rings. The molecule has 92 valence electrons. The van der Waals surface area contributed by atoms with Crippen molar-refractivity contribution in [2.24, 2.45) is 0 Å². The topological polar surface area (TPSA) is 37.3 Å². The Kier molecular flexibility index (Phi) is 3.63. The maximum absolute atomic E-state index is 13.7. The van der Waals surface area contributed by atoms with Crippen LogP contribution in [0.1, 0.15) is 5.56 Å². The highest BCUT2D eigenvalue weighted by Gasteiger charge is 2.10. The second-order valence-corrected chi connectivity index (χ2v) is 4.27. The number of carbonyl (C=O) groups is 1. The largest absolute Gasteiger partial charge is 0.481 e. The molecule has 4 heteroatoms. The van der Waals surface area contributed by atoms with Crippen LogP contribution in [-0.4, -0.2) is 11.1 Å². The second-order valence-electron chi connectivity index (χ2n) is 3.86. The number of aliphatic carboxylic acids is 1. The molecular formula is C14H10ClFO2. The molecule has 0 aromatic heterocycles. The maximum atomic E-state index is 13.7. The third-order valence-electron chi connectivity index (χ3n) is 2.55. The van der Waals surface area contributed by atoms with Gasteiger partial charge < -0.3 is 5.11 Å². The zero-order valence-corrected chi connectivity index (χ0v) is 10.1. The van der Waals surface area contributed by atoms with Gasteiger partial charge in [-0.15, -0.1) is 0 Å². The van der Waals surface area contributed by atoms with Crippen LogP contribution in [0.3, 0.4) is 0 Å². The highest BCUT2D eigenvalue weighted by Crippen LogP contribution is 2.30. The van der Waals surface area contributed by atoms with Gasteiger partial charge in [-0.2, -0.15) is 0 Å². The van der Waals surface area contributed by atoms with Gasteiger partial charge >= 0.3 is 5.97 Å². The van der Waals surface area contributed by atoms with E-state index < -0.39 is 5.97 Å². The molecule has 0 saturated heterocycles. The van der Waals surface area contributed by atoms with Crippen LogP contribution in [0.15, 0.2) is 42.5 Å². The molecule has 0 bridgehead atoms. The summed E-state index contributed by atoms with van der Waals surface area (Å²) in [5.41, 5.74) is 1.47. The summed E-state index contributed by atoms with van der Waals surface area (Å²) in [6, 6.07) is 11.1. The van der Waals surface area contributed by atoms with Crippen LogP contribution < -0.4 is 0 Å². The standard InChI is InChI=1S/C14H10ClFO2/c15-12-6-5-9(8-14(17)18)7-11(12)10-3-1-2-4-13(10)16/h1-7H,8H2,(H,17,18). The molecule has 0 aliphatic rings. The minimum atomic E-state index is -0.934. The monoisotopic (exact) mass is 264 g/mol. The summed E-state index contributed by atoms with van der Waals surface area (Å²) in [7, 11) is 0. The molecule has 1 N–H and O–H groups in total. The first-order valence-electron chi connectivity index (χ1n) is 5.33. The summed E-state index contributed by atoms with van der Waals surface area (Å²) < 4.78 is 13.7. The number of carboxylic acids is 1. The summed E-state index contributed by atoms with van der Waals surface area (Å²) in [5.74, 6) is -1.32. The minimum absolute atomic E-state index is 0.112. The van der Waals surface area contributed by atoms with Crippen LogP contribution in [0.4, 0.5) is 4.39 Å². The molecule has 0 heterocycles. The van der Waals surface area contributed by atoms with Gasteiger partial charge in [0.25, 0.3) is 0 Å². The molecular weight excluding hydrogens is 255 g/mol. The molecule has 0 amide bonds. The predicted octanol–water partition coefficient (Wildman–Crippen LogP) is 3.77. The van der Waals surface area contributed by atoms with Gasteiger partial charge in [0.05, 0.1) is 6.42 Å². The Bertz CT molecular complexity index is 596.